The van der Waals surface area contributed by atoms with Crippen molar-refractivity contribution in [2.24, 2.45) is 0 Å². The van der Waals surface area contributed by atoms with Crippen molar-refractivity contribution in [3.05, 3.63) is 48.8 Å². The van der Waals surface area contributed by atoms with Gasteiger partial charge in [0, 0.05) is 31.0 Å². The normalized spacial score (nSPS) is 14.5. The lowest BCUT2D eigenvalue weighted by atomic mass is 10.2. The first-order valence-electron chi connectivity index (χ1n) is 7.96. The second kappa shape index (κ2) is 5.83. The van der Waals surface area contributed by atoms with Crippen LogP contribution >= 0.6 is 0 Å². The highest BCUT2D eigenvalue weighted by molar-refractivity contribution is 5.84. The molecule has 1 amide bonds. The van der Waals surface area contributed by atoms with Crippen LogP contribution in [0.4, 0.5) is 0 Å². The van der Waals surface area contributed by atoms with E-state index in [9.17, 15) is 4.79 Å². The summed E-state index contributed by atoms with van der Waals surface area (Å²) in [5.41, 5.74) is 2.88. The Morgan fingerprint density at radius 3 is 2.57 bits per heavy atom. The Balaban J connectivity index is 1.78. The Morgan fingerprint density at radius 2 is 1.78 bits per heavy atom. The number of amides is 1. The van der Waals surface area contributed by atoms with E-state index in [0.717, 1.165) is 48.4 Å². The minimum Gasteiger partial charge on any atom is -0.341 e. The molecule has 5 nitrogen and oxygen atoms in total. The summed E-state index contributed by atoms with van der Waals surface area (Å²) in [6.07, 6.45) is 5.71. The minimum atomic E-state index is 0.168. The summed E-state index contributed by atoms with van der Waals surface area (Å²) in [6.45, 7) is 2.07. The Labute approximate surface area is 134 Å². The van der Waals surface area contributed by atoms with Crippen molar-refractivity contribution >= 4 is 16.9 Å². The molecule has 1 aliphatic rings. The summed E-state index contributed by atoms with van der Waals surface area (Å²) in [6, 6.07) is 11.8. The number of nitrogens with zero attached hydrogens (tertiary/aromatic N) is 4. The van der Waals surface area contributed by atoms with Gasteiger partial charge in [-0.05, 0) is 37.1 Å². The number of pyridine rings is 1. The number of rotatable bonds is 3. The molecule has 3 heterocycles. The summed E-state index contributed by atoms with van der Waals surface area (Å²) < 4.78 is 2.02. The largest absolute Gasteiger partial charge is 0.341 e. The lowest BCUT2D eigenvalue weighted by molar-refractivity contribution is -0.130. The van der Waals surface area contributed by atoms with Crippen molar-refractivity contribution in [2.75, 3.05) is 13.1 Å². The van der Waals surface area contributed by atoms with Crippen molar-refractivity contribution in [2.45, 2.75) is 19.4 Å². The van der Waals surface area contributed by atoms with Gasteiger partial charge in [0.25, 0.3) is 0 Å². The van der Waals surface area contributed by atoms with Gasteiger partial charge in [0.1, 0.15) is 12.4 Å². The molecule has 4 rings (SSSR count). The molecule has 1 fully saturated rings. The van der Waals surface area contributed by atoms with E-state index in [0.29, 0.717) is 6.54 Å². The molecule has 0 N–H and O–H groups in total. The van der Waals surface area contributed by atoms with E-state index in [1.54, 1.807) is 12.4 Å². The van der Waals surface area contributed by atoms with Crippen LogP contribution in [0.2, 0.25) is 0 Å². The first-order chi connectivity index (χ1) is 11.3. The maximum Gasteiger partial charge on any atom is 0.242 e. The lowest BCUT2D eigenvalue weighted by Gasteiger charge is -2.17. The monoisotopic (exact) mass is 306 g/mol. The van der Waals surface area contributed by atoms with E-state index >= 15 is 0 Å². The summed E-state index contributed by atoms with van der Waals surface area (Å²) >= 11 is 0. The van der Waals surface area contributed by atoms with Crippen LogP contribution in [0.15, 0.2) is 48.8 Å². The highest BCUT2D eigenvalue weighted by Gasteiger charge is 2.21. The highest BCUT2D eigenvalue weighted by Crippen LogP contribution is 2.24. The van der Waals surface area contributed by atoms with Crippen LogP contribution in [-0.4, -0.2) is 38.4 Å². The molecular formula is C18H18N4O. The van der Waals surface area contributed by atoms with Crippen molar-refractivity contribution in [1.82, 2.24) is 19.4 Å². The van der Waals surface area contributed by atoms with Crippen molar-refractivity contribution in [3.8, 4) is 11.4 Å². The molecular weight excluding hydrogens is 288 g/mol. The second-order valence-electron chi connectivity index (χ2n) is 5.83. The molecule has 0 aliphatic carbocycles. The van der Waals surface area contributed by atoms with E-state index in [-0.39, 0.29) is 5.91 Å². The van der Waals surface area contributed by atoms with Gasteiger partial charge in [-0.3, -0.25) is 9.78 Å². The lowest BCUT2D eigenvalue weighted by Crippen LogP contribution is -2.31. The molecule has 5 heteroatoms. The van der Waals surface area contributed by atoms with Crippen LogP contribution in [0.25, 0.3) is 22.4 Å². The van der Waals surface area contributed by atoms with Crippen LogP contribution in [0.3, 0.4) is 0 Å². The van der Waals surface area contributed by atoms with Gasteiger partial charge in [0.05, 0.1) is 11.0 Å². The van der Waals surface area contributed by atoms with Gasteiger partial charge in [-0.2, -0.15) is 0 Å². The van der Waals surface area contributed by atoms with Gasteiger partial charge in [-0.25, -0.2) is 4.98 Å². The summed E-state index contributed by atoms with van der Waals surface area (Å²) in [7, 11) is 0. The van der Waals surface area contributed by atoms with Crippen LogP contribution in [0, 0.1) is 0 Å². The van der Waals surface area contributed by atoms with Crippen LogP contribution in [0.5, 0.6) is 0 Å². The molecule has 0 atom stereocenters. The number of benzene rings is 1. The molecule has 0 unspecified atom stereocenters. The van der Waals surface area contributed by atoms with Crippen molar-refractivity contribution in [3.63, 3.8) is 0 Å². The maximum absolute atomic E-state index is 12.6. The van der Waals surface area contributed by atoms with Gasteiger partial charge >= 0.3 is 0 Å². The first-order valence-corrected chi connectivity index (χ1v) is 7.96. The van der Waals surface area contributed by atoms with E-state index in [4.69, 9.17) is 4.98 Å². The van der Waals surface area contributed by atoms with Gasteiger partial charge < -0.3 is 9.47 Å². The van der Waals surface area contributed by atoms with Crippen molar-refractivity contribution < 1.29 is 4.79 Å². The Bertz CT molecular complexity index is 835. The number of likely N-dealkylation sites (tertiary alicyclic amines) is 1. The predicted octanol–water partition coefficient (Wildman–Crippen LogP) is 2.72. The molecule has 2 aromatic heterocycles. The fourth-order valence-corrected chi connectivity index (χ4v) is 3.16. The number of para-hydroxylation sites is 2. The third kappa shape index (κ3) is 2.59. The first kappa shape index (κ1) is 13.9. The van der Waals surface area contributed by atoms with Crippen molar-refractivity contribution in [1.29, 1.82) is 0 Å². The molecule has 1 saturated heterocycles. The number of hydrogen-bond donors (Lipinski definition) is 0. The molecule has 0 saturated carbocycles. The predicted molar refractivity (Wildman–Crippen MR) is 88.8 cm³/mol. The van der Waals surface area contributed by atoms with Crippen LogP contribution < -0.4 is 0 Å². The minimum absolute atomic E-state index is 0.168. The second-order valence-corrected chi connectivity index (χ2v) is 5.83. The van der Waals surface area contributed by atoms with E-state index in [2.05, 4.69) is 4.98 Å². The van der Waals surface area contributed by atoms with E-state index in [1.807, 2.05) is 45.9 Å². The maximum atomic E-state index is 12.6. The van der Waals surface area contributed by atoms with Gasteiger partial charge in [-0.15, -0.1) is 0 Å². The average Bonchev–Trinajstić information content (AvgIpc) is 3.24. The number of fused-ring (bicyclic) bond motifs is 1. The Kier molecular flexibility index (Phi) is 3.54. The topological polar surface area (TPSA) is 51.0 Å². The third-order valence-electron chi connectivity index (χ3n) is 4.35. The van der Waals surface area contributed by atoms with Gasteiger partial charge in [-0.1, -0.05) is 12.1 Å². The molecule has 1 aromatic carbocycles. The number of carbonyl (C=O) groups excluding carboxylic acids is 1. The standard InChI is InChI=1S/C18H18N4O/c23-17(21-11-3-4-12-21)13-22-16-6-2-1-5-15(16)20-18(22)14-7-9-19-10-8-14/h1-2,5-10H,3-4,11-13H2. The summed E-state index contributed by atoms with van der Waals surface area (Å²) in [4.78, 5) is 23.3. The smallest absolute Gasteiger partial charge is 0.242 e. The summed E-state index contributed by atoms with van der Waals surface area (Å²) in [5, 5.41) is 0. The Morgan fingerprint density at radius 1 is 1.04 bits per heavy atom. The molecule has 1 aliphatic heterocycles. The fourth-order valence-electron chi connectivity index (χ4n) is 3.16. The highest BCUT2D eigenvalue weighted by atomic mass is 16.2. The number of imidazole rings is 1. The molecule has 23 heavy (non-hydrogen) atoms. The van der Waals surface area contributed by atoms with Crippen LogP contribution in [-0.2, 0) is 11.3 Å². The molecule has 0 radical (unpaired) electrons. The average molecular weight is 306 g/mol. The van der Waals surface area contributed by atoms with Gasteiger partial charge in [0.2, 0.25) is 5.91 Å². The molecule has 116 valence electrons. The SMILES string of the molecule is O=C(Cn1c(-c2ccncc2)nc2ccccc21)N1CCCC1. The van der Waals surface area contributed by atoms with E-state index in [1.165, 1.54) is 0 Å². The number of hydrogen-bond acceptors (Lipinski definition) is 3. The zero-order chi connectivity index (χ0) is 15.6. The fraction of sp³-hybridized carbons (Fsp3) is 0.278. The quantitative estimate of drug-likeness (QED) is 0.747. The Hall–Kier alpha value is -2.69. The zero-order valence-electron chi connectivity index (χ0n) is 12.9. The number of carbonyl (C=O) groups is 1. The molecule has 3 aromatic rings. The van der Waals surface area contributed by atoms with Gasteiger partial charge in [0.15, 0.2) is 0 Å². The molecule has 0 bridgehead atoms. The molecule has 0 spiro atoms. The zero-order valence-corrected chi connectivity index (χ0v) is 12.9. The summed E-state index contributed by atoms with van der Waals surface area (Å²) in [5.74, 6) is 0.988. The van der Waals surface area contributed by atoms with Crippen LogP contribution in [0.1, 0.15) is 12.8 Å². The van der Waals surface area contributed by atoms with E-state index < -0.39 is 0 Å². The third-order valence-corrected chi connectivity index (χ3v) is 4.35. The number of aromatic nitrogens is 3.